The van der Waals surface area contributed by atoms with Gasteiger partial charge in [-0.1, -0.05) is 20.4 Å². The summed E-state index contributed by atoms with van der Waals surface area (Å²) in [6.45, 7) is 9.91. The van der Waals surface area contributed by atoms with Crippen LogP contribution in [-0.4, -0.2) is 36.0 Å². The van der Waals surface area contributed by atoms with Crippen LogP contribution >= 0.6 is 0 Å². The molecular weight excluding hydrogens is 206 g/mol. The number of nitrogens with zero attached hydrogens (tertiary/aromatic N) is 1. The first-order valence-corrected chi connectivity index (χ1v) is 5.68. The SMILES string of the molecule is C=CC(=O)N(CCC)C(C)C(=O)OCCC. The lowest BCUT2D eigenvalue weighted by Crippen LogP contribution is -2.43. The summed E-state index contributed by atoms with van der Waals surface area (Å²) in [6.07, 6.45) is 2.80. The van der Waals surface area contributed by atoms with E-state index < -0.39 is 6.04 Å². The third-order valence-corrected chi connectivity index (χ3v) is 2.18. The minimum atomic E-state index is -0.544. The Morgan fingerprint density at radius 1 is 1.38 bits per heavy atom. The molecule has 0 bridgehead atoms. The predicted octanol–water partition coefficient (Wildman–Crippen LogP) is 1.75. The van der Waals surface area contributed by atoms with E-state index in [4.69, 9.17) is 4.74 Å². The van der Waals surface area contributed by atoms with Crippen LogP contribution in [0.1, 0.15) is 33.6 Å². The van der Waals surface area contributed by atoms with Gasteiger partial charge < -0.3 is 9.64 Å². The summed E-state index contributed by atoms with van der Waals surface area (Å²) in [5.41, 5.74) is 0. The molecule has 0 aliphatic rings. The smallest absolute Gasteiger partial charge is 0.328 e. The number of hydrogen-bond acceptors (Lipinski definition) is 3. The van der Waals surface area contributed by atoms with Crippen molar-refractivity contribution in [3.63, 3.8) is 0 Å². The lowest BCUT2D eigenvalue weighted by molar-refractivity contribution is -0.153. The van der Waals surface area contributed by atoms with Crippen LogP contribution in [0.4, 0.5) is 0 Å². The molecule has 0 rings (SSSR count). The van der Waals surface area contributed by atoms with Gasteiger partial charge >= 0.3 is 5.97 Å². The first kappa shape index (κ1) is 14.7. The number of esters is 1. The highest BCUT2D eigenvalue weighted by atomic mass is 16.5. The van der Waals surface area contributed by atoms with E-state index in [1.165, 1.54) is 11.0 Å². The van der Waals surface area contributed by atoms with Crippen molar-refractivity contribution in [2.75, 3.05) is 13.2 Å². The Kier molecular flexibility index (Phi) is 7.25. The van der Waals surface area contributed by atoms with Gasteiger partial charge in [0, 0.05) is 6.54 Å². The molecule has 0 aromatic heterocycles. The maximum absolute atomic E-state index is 11.6. The zero-order valence-corrected chi connectivity index (χ0v) is 10.4. The van der Waals surface area contributed by atoms with Crippen molar-refractivity contribution in [1.29, 1.82) is 0 Å². The largest absolute Gasteiger partial charge is 0.464 e. The highest BCUT2D eigenvalue weighted by Gasteiger charge is 2.24. The molecule has 16 heavy (non-hydrogen) atoms. The second-order valence-corrected chi connectivity index (χ2v) is 3.58. The van der Waals surface area contributed by atoms with Crippen LogP contribution < -0.4 is 0 Å². The molecule has 4 nitrogen and oxygen atoms in total. The summed E-state index contributed by atoms with van der Waals surface area (Å²) in [4.78, 5) is 24.6. The molecular formula is C12H21NO3. The Labute approximate surface area is 97.3 Å². The maximum atomic E-state index is 11.6. The second-order valence-electron chi connectivity index (χ2n) is 3.58. The molecule has 4 heteroatoms. The van der Waals surface area contributed by atoms with Gasteiger partial charge in [-0.25, -0.2) is 4.79 Å². The quantitative estimate of drug-likeness (QED) is 0.492. The van der Waals surface area contributed by atoms with Crippen molar-refractivity contribution in [3.05, 3.63) is 12.7 Å². The molecule has 0 saturated heterocycles. The van der Waals surface area contributed by atoms with Crippen molar-refractivity contribution in [2.45, 2.75) is 39.7 Å². The van der Waals surface area contributed by atoms with E-state index in [0.717, 1.165) is 12.8 Å². The lowest BCUT2D eigenvalue weighted by atomic mass is 10.2. The molecule has 0 aromatic carbocycles. The zero-order chi connectivity index (χ0) is 12.6. The summed E-state index contributed by atoms with van der Waals surface area (Å²) in [5, 5.41) is 0. The molecule has 0 aliphatic heterocycles. The van der Waals surface area contributed by atoms with Gasteiger partial charge in [0.05, 0.1) is 6.61 Å². The molecule has 1 atom stereocenters. The van der Waals surface area contributed by atoms with E-state index in [1.807, 2.05) is 13.8 Å². The maximum Gasteiger partial charge on any atom is 0.328 e. The number of ether oxygens (including phenoxy) is 1. The Morgan fingerprint density at radius 2 is 2.00 bits per heavy atom. The van der Waals surface area contributed by atoms with Crippen molar-refractivity contribution in [3.8, 4) is 0 Å². The summed E-state index contributed by atoms with van der Waals surface area (Å²) in [6, 6.07) is -0.544. The van der Waals surface area contributed by atoms with Gasteiger partial charge in [0.2, 0.25) is 5.91 Å². The van der Waals surface area contributed by atoms with Gasteiger partial charge in [0.15, 0.2) is 0 Å². The lowest BCUT2D eigenvalue weighted by Gasteiger charge is -2.26. The van der Waals surface area contributed by atoms with Crippen LogP contribution in [0.5, 0.6) is 0 Å². The fourth-order valence-corrected chi connectivity index (χ4v) is 1.30. The summed E-state index contributed by atoms with van der Waals surface area (Å²) in [7, 11) is 0. The molecule has 0 N–H and O–H groups in total. The number of carbonyl (C=O) groups is 2. The number of carbonyl (C=O) groups excluding carboxylic acids is 2. The molecule has 0 spiro atoms. The first-order valence-electron chi connectivity index (χ1n) is 5.68. The fraction of sp³-hybridized carbons (Fsp3) is 0.667. The zero-order valence-electron chi connectivity index (χ0n) is 10.4. The molecule has 0 heterocycles. The van der Waals surface area contributed by atoms with Gasteiger partial charge in [0.1, 0.15) is 6.04 Å². The Bertz CT molecular complexity index is 251. The molecule has 0 radical (unpaired) electrons. The number of rotatable bonds is 7. The molecule has 1 amide bonds. The minimum Gasteiger partial charge on any atom is -0.464 e. The third-order valence-electron chi connectivity index (χ3n) is 2.18. The topological polar surface area (TPSA) is 46.6 Å². The van der Waals surface area contributed by atoms with Crippen LogP contribution in [0.2, 0.25) is 0 Å². The van der Waals surface area contributed by atoms with Crippen LogP contribution in [0.25, 0.3) is 0 Å². The Morgan fingerprint density at radius 3 is 2.44 bits per heavy atom. The van der Waals surface area contributed by atoms with Crippen LogP contribution in [-0.2, 0) is 14.3 Å². The standard InChI is InChI=1S/C12H21NO3/c1-5-8-13(11(14)7-3)10(4)12(15)16-9-6-2/h7,10H,3,5-6,8-9H2,1-2,4H3. The van der Waals surface area contributed by atoms with Crippen molar-refractivity contribution in [2.24, 2.45) is 0 Å². The number of hydrogen-bond donors (Lipinski definition) is 0. The van der Waals surface area contributed by atoms with Crippen LogP contribution in [0.15, 0.2) is 12.7 Å². The highest BCUT2D eigenvalue weighted by molar-refractivity contribution is 5.91. The molecule has 0 aliphatic carbocycles. The van der Waals surface area contributed by atoms with Gasteiger partial charge in [-0.3, -0.25) is 4.79 Å². The molecule has 0 fully saturated rings. The van der Waals surface area contributed by atoms with E-state index >= 15 is 0 Å². The van der Waals surface area contributed by atoms with E-state index in [2.05, 4.69) is 6.58 Å². The van der Waals surface area contributed by atoms with Crippen LogP contribution in [0, 0.1) is 0 Å². The molecule has 92 valence electrons. The van der Waals surface area contributed by atoms with Crippen LogP contribution in [0.3, 0.4) is 0 Å². The first-order chi connectivity index (χ1) is 7.58. The van der Waals surface area contributed by atoms with E-state index in [9.17, 15) is 9.59 Å². The summed E-state index contributed by atoms with van der Waals surface area (Å²) >= 11 is 0. The number of amides is 1. The van der Waals surface area contributed by atoms with E-state index in [0.29, 0.717) is 13.2 Å². The fourth-order valence-electron chi connectivity index (χ4n) is 1.30. The average molecular weight is 227 g/mol. The van der Waals surface area contributed by atoms with Crippen molar-refractivity contribution < 1.29 is 14.3 Å². The minimum absolute atomic E-state index is 0.234. The monoisotopic (exact) mass is 227 g/mol. The van der Waals surface area contributed by atoms with Crippen molar-refractivity contribution in [1.82, 2.24) is 4.90 Å². The molecule has 0 aromatic rings. The summed E-state index contributed by atoms with van der Waals surface area (Å²) < 4.78 is 5.01. The Balaban J connectivity index is 4.46. The molecule has 0 saturated carbocycles. The summed E-state index contributed by atoms with van der Waals surface area (Å²) in [5.74, 6) is -0.590. The average Bonchev–Trinajstić information content (AvgIpc) is 2.31. The van der Waals surface area contributed by atoms with E-state index in [-0.39, 0.29) is 11.9 Å². The van der Waals surface area contributed by atoms with Gasteiger partial charge in [-0.2, -0.15) is 0 Å². The third kappa shape index (κ3) is 4.47. The second kappa shape index (κ2) is 7.91. The Hall–Kier alpha value is -1.32. The highest BCUT2D eigenvalue weighted by Crippen LogP contribution is 2.04. The molecule has 1 unspecified atom stereocenters. The normalized spacial score (nSPS) is 11.7. The predicted molar refractivity (Wildman–Crippen MR) is 62.9 cm³/mol. The van der Waals surface area contributed by atoms with Gasteiger partial charge in [-0.05, 0) is 25.8 Å². The van der Waals surface area contributed by atoms with E-state index in [1.54, 1.807) is 6.92 Å². The van der Waals surface area contributed by atoms with Gasteiger partial charge in [-0.15, -0.1) is 0 Å². The van der Waals surface area contributed by atoms with Gasteiger partial charge in [0.25, 0.3) is 0 Å². The van der Waals surface area contributed by atoms with Crippen molar-refractivity contribution >= 4 is 11.9 Å².